The van der Waals surface area contributed by atoms with E-state index in [2.05, 4.69) is 112 Å². The van der Waals surface area contributed by atoms with Gasteiger partial charge in [0.05, 0.1) is 0 Å². The van der Waals surface area contributed by atoms with Gasteiger partial charge in [0, 0.05) is 0 Å². The monoisotopic (exact) mass is 390 g/mol. The standard InChI is InChI=1S/C30H30/c1-22-5-4-6-29(17-22)20-27-13-9-25(10-14-27)19-26-11-15-28(16-12-26)21-30-8-7-23(2)24(3)18-30/h4-18H,19-21H2,1-3H3. The SMILES string of the molecule is Cc1cccc(Cc2ccc(Cc3ccc(Cc4ccc(C)c(C)c4)cc3)cc2)c1. The Morgan fingerprint density at radius 2 is 0.833 bits per heavy atom. The number of hydrogen-bond acceptors (Lipinski definition) is 0. The molecule has 0 aromatic heterocycles. The summed E-state index contributed by atoms with van der Waals surface area (Å²) in [6, 6.07) is 33.7. The van der Waals surface area contributed by atoms with Gasteiger partial charge in [-0.25, -0.2) is 0 Å². The van der Waals surface area contributed by atoms with Crippen molar-refractivity contribution in [2.75, 3.05) is 0 Å². The predicted molar refractivity (Wildman–Crippen MR) is 128 cm³/mol. The summed E-state index contributed by atoms with van der Waals surface area (Å²) < 4.78 is 0. The van der Waals surface area contributed by atoms with Gasteiger partial charge in [-0.15, -0.1) is 0 Å². The molecule has 0 saturated heterocycles. The second-order valence-electron chi connectivity index (χ2n) is 8.57. The zero-order valence-electron chi connectivity index (χ0n) is 18.3. The van der Waals surface area contributed by atoms with Crippen LogP contribution in [0.25, 0.3) is 0 Å². The Morgan fingerprint density at radius 3 is 1.30 bits per heavy atom. The van der Waals surface area contributed by atoms with E-state index in [0.29, 0.717) is 0 Å². The van der Waals surface area contributed by atoms with E-state index < -0.39 is 0 Å². The topological polar surface area (TPSA) is 0 Å². The van der Waals surface area contributed by atoms with Gasteiger partial charge < -0.3 is 0 Å². The molecule has 0 spiro atoms. The van der Waals surface area contributed by atoms with Gasteiger partial charge in [-0.3, -0.25) is 0 Å². The Balaban J connectivity index is 1.37. The summed E-state index contributed by atoms with van der Waals surface area (Å²) in [5.41, 5.74) is 12.3. The van der Waals surface area contributed by atoms with Crippen molar-refractivity contribution in [1.82, 2.24) is 0 Å². The minimum atomic E-state index is 0.981. The third-order valence-corrected chi connectivity index (χ3v) is 5.92. The first-order chi connectivity index (χ1) is 14.5. The molecule has 0 aliphatic carbocycles. The van der Waals surface area contributed by atoms with Crippen molar-refractivity contribution in [3.63, 3.8) is 0 Å². The van der Waals surface area contributed by atoms with Crippen LogP contribution in [0.1, 0.15) is 50.1 Å². The van der Waals surface area contributed by atoms with Gasteiger partial charge in [0.15, 0.2) is 0 Å². The summed E-state index contributed by atoms with van der Waals surface area (Å²) in [6.07, 6.45) is 2.97. The van der Waals surface area contributed by atoms with Crippen molar-refractivity contribution in [3.05, 3.63) is 141 Å². The molecule has 4 rings (SSSR count). The van der Waals surface area contributed by atoms with Gasteiger partial charge in [-0.2, -0.15) is 0 Å². The van der Waals surface area contributed by atoms with Crippen LogP contribution in [0, 0.1) is 20.8 Å². The number of rotatable bonds is 6. The third-order valence-electron chi connectivity index (χ3n) is 5.92. The minimum absolute atomic E-state index is 0.981. The van der Waals surface area contributed by atoms with Crippen LogP contribution in [-0.4, -0.2) is 0 Å². The molecule has 0 amide bonds. The summed E-state index contributed by atoms with van der Waals surface area (Å²) in [5.74, 6) is 0. The third kappa shape index (κ3) is 5.27. The fourth-order valence-electron chi connectivity index (χ4n) is 3.99. The maximum Gasteiger partial charge on any atom is -0.00257 e. The van der Waals surface area contributed by atoms with Gasteiger partial charge in [-0.05, 0) is 84.5 Å². The van der Waals surface area contributed by atoms with Crippen LogP contribution in [0.3, 0.4) is 0 Å². The fraction of sp³-hybridized carbons (Fsp3) is 0.200. The van der Waals surface area contributed by atoms with Crippen molar-refractivity contribution in [3.8, 4) is 0 Å². The van der Waals surface area contributed by atoms with E-state index in [1.807, 2.05) is 0 Å². The van der Waals surface area contributed by atoms with E-state index in [4.69, 9.17) is 0 Å². The molecule has 0 aliphatic rings. The first-order valence-electron chi connectivity index (χ1n) is 10.8. The lowest BCUT2D eigenvalue weighted by molar-refractivity contribution is 1.13. The highest BCUT2D eigenvalue weighted by atomic mass is 14.1. The van der Waals surface area contributed by atoms with Crippen LogP contribution in [0.5, 0.6) is 0 Å². The normalized spacial score (nSPS) is 10.9. The summed E-state index contributed by atoms with van der Waals surface area (Å²) >= 11 is 0. The Bertz CT molecular complexity index is 1120. The van der Waals surface area contributed by atoms with Gasteiger partial charge >= 0.3 is 0 Å². The smallest absolute Gasteiger partial charge is 0.00257 e. The minimum Gasteiger partial charge on any atom is -0.0617 e. The second kappa shape index (κ2) is 9.13. The molecule has 0 radical (unpaired) electrons. The molecule has 0 nitrogen and oxygen atoms in total. The first kappa shape index (κ1) is 20.2. The molecule has 4 aromatic rings. The number of hydrogen-bond donors (Lipinski definition) is 0. The highest BCUT2D eigenvalue weighted by molar-refractivity contribution is 5.36. The molecule has 0 fully saturated rings. The van der Waals surface area contributed by atoms with E-state index in [-0.39, 0.29) is 0 Å². The van der Waals surface area contributed by atoms with E-state index >= 15 is 0 Å². The van der Waals surface area contributed by atoms with Crippen molar-refractivity contribution in [2.45, 2.75) is 40.0 Å². The lowest BCUT2D eigenvalue weighted by atomic mass is 9.97. The maximum absolute atomic E-state index is 2.31. The predicted octanol–water partition coefficient (Wildman–Crippen LogP) is 7.38. The van der Waals surface area contributed by atoms with Crippen molar-refractivity contribution >= 4 is 0 Å². The first-order valence-corrected chi connectivity index (χ1v) is 10.8. The molecule has 0 heteroatoms. The average molecular weight is 391 g/mol. The zero-order valence-corrected chi connectivity index (χ0v) is 18.3. The highest BCUT2D eigenvalue weighted by Gasteiger charge is 2.02. The second-order valence-corrected chi connectivity index (χ2v) is 8.57. The number of benzene rings is 4. The molecule has 150 valence electrons. The summed E-state index contributed by atoms with van der Waals surface area (Å²) in [5, 5.41) is 0. The maximum atomic E-state index is 2.31. The van der Waals surface area contributed by atoms with E-state index in [1.165, 1.54) is 50.1 Å². The Morgan fingerprint density at radius 1 is 0.400 bits per heavy atom. The molecule has 0 aliphatic heterocycles. The average Bonchev–Trinajstić information content (AvgIpc) is 2.74. The highest BCUT2D eigenvalue weighted by Crippen LogP contribution is 2.18. The number of aryl methyl sites for hydroxylation is 3. The molecule has 0 N–H and O–H groups in total. The van der Waals surface area contributed by atoms with Crippen LogP contribution in [-0.2, 0) is 19.3 Å². The zero-order chi connectivity index (χ0) is 20.9. The molecule has 0 saturated carbocycles. The lowest BCUT2D eigenvalue weighted by Crippen LogP contribution is -1.93. The summed E-state index contributed by atoms with van der Waals surface area (Å²) in [4.78, 5) is 0. The quantitative estimate of drug-likeness (QED) is 0.322. The van der Waals surface area contributed by atoms with Gasteiger partial charge in [-0.1, -0.05) is 96.6 Å². The van der Waals surface area contributed by atoms with E-state index in [1.54, 1.807) is 0 Å². The van der Waals surface area contributed by atoms with Crippen LogP contribution in [0.2, 0.25) is 0 Å². The summed E-state index contributed by atoms with van der Waals surface area (Å²) in [6.45, 7) is 6.51. The molecular formula is C30H30. The van der Waals surface area contributed by atoms with Gasteiger partial charge in [0.1, 0.15) is 0 Å². The Kier molecular flexibility index (Phi) is 6.14. The molecule has 0 unspecified atom stereocenters. The largest absolute Gasteiger partial charge is 0.0617 e. The van der Waals surface area contributed by atoms with Crippen molar-refractivity contribution in [1.29, 1.82) is 0 Å². The Hall–Kier alpha value is -3.12. The van der Waals surface area contributed by atoms with Crippen LogP contribution in [0.4, 0.5) is 0 Å². The summed E-state index contributed by atoms with van der Waals surface area (Å²) in [7, 11) is 0. The molecule has 0 heterocycles. The van der Waals surface area contributed by atoms with Crippen LogP contribution >= 0.6 is 0 Å². The molecular weight excluding hydrogens is 360 g/mol. The fourth-order valence-corrected chi connectivity index (χ4v) is 3.99. The molecule has 0 atom stereocenters. The van der Waals surface area contributed by atoms with Crippen molar-refractivity contribution < 1.29 is 0 Å². The van der Waals surface area contributed by atoms with Gasteiger partial charge in [0.2, 0.25) is 0 Å². The van der Waals surface area contributed by atoms with Crippen LogP contribution in [0.15, 0.2) is 91.0 Å². The molecule has 4 aromatic carbocycles. The van der Waals surface area contributed by atoms with Crippen LogP contribution < -0.4 is 0 Å². The van der Waals surface area contributed by atoms with Crippen molar-refractivity contribution in [2.24, 2.45) is 0 Å². The van der Waals surface area contributed by atoms with E-state index in [9.17, 15) is 0 Å². The molecule has 0 bridgehead atoms. The lowest BCUT2D eigenvalue weighted by Gasteiger charge is -2.08. The Labute approximate surface area is 181 Å². The van der Waals surface area contributed by atoms with E-state index in [0.717, 1.165) is 19.3 Å². The molecule has 30 heavy (non-hydrogen) atoms. The van der Waals surface area contributed by atoms with Gasteiger partial charge in [0.25, 0.3) is 0 Å².